The Morgan fingerprint density at radius 2 is 2.20 bits per heavy atom. The molecule has 0 aliphatic rings. The highest BCUT2D eigenvalue weighted by molar-refractivity contribution is 9.10. The molecule has 0 amide bonds. The van der Waals surface area contributed by atoms with Gasteiger partial charge >= 0.3 is 12.1 Å². The largest absolute Gasteiger partial charge is 0.475 e. The highest BCUT2D eigenvalue weighted by Gasteiger charge is 2.28. The number of anilines is 1. The van der Waals surface area contributed by atoms with E-state index in [4.69, 9.17) is 5.11 Å². The van der Waals surface area contributed by atoms with E-state index in [1.807, 2.05) is 5.32 Å². The number of alkyl halides is 3. The van der Waals surface area contributed by atoms with Crippen molar-refractivity contribution in [3.8, 4) is 0 Å². The predicted molar refractivity (Wildman–Crippen MR) is 47.9 cm³/mol. The summed E-state index contributed by atoms with van der Waals surface area (Å²) in [5, 5.41) is 10.4. The van der Waals surface area contributed by atoms with Gasteiger partial charge in [-0.3, -0.25) is 0 Å². The molecule has 0 aliphatic heterocycles. The molecule has 15 heavy (non-hydrogen) atoms. The molecule has 1 aromatic heterocycles. The van der Waals surface area contributed by atoms with Gasteiger partial charge in [0.25, 0.3) is 0 Å². The van der Waals surface area contributed by atoms with Gasteiger partial charge in [-0.05, 0) is 15.9 Å². The van der Waals surface area contributed by atoms with Gasteiger partial charge in [-0.25, -0.2) is 4.79 Å². The Morgan fingerprint density at radius 3 is 2.60 bits per heavy atom. The Morgan fingerprint density at radius 1 is 1.60 bits per heavy atom. The predicted octanol–water partition coefficient (Wildman–Crippen LogP) is 2.71. The fraction of sp³-hybridized carbons (Fsp3) is 0.286. The SMILES string of the molecule is O=C(O)c1cc(Br)c(NCC(F)(F)F)o1. The number of carboxylic acids is 1. The summed E-state index contributed by atoms with van der Waals surface area (Å²) in [5.41, 5.74) is 0. The summed E-state index contributed by atoms with van der Waals surface area (Å²) in [7, 11) is 0. The third kappa shape index (κ3) is 3.46. The average molecular weight is 288 g/mol. The van der Waals surface area contributed by atoms with E-state index in [2.05, 4.69) is 20.3 Å². The standard InChI is InChI=1S/C7H5BrF3NO3/c8-3-1-4(6(13)14)15-5(3)12-2-7(9,10)11/h1,12H,2H2,(H,13,14). The van der Waals surface area contributed by atoms with Crippen LogP contribution in [-0.4, -0.2) is 23.8 Å². The van der Waals surface area contributed by atoms with Crippen LogP contribution >= 0.6 is 15.9 Å². The molecule has 0 bridgehead atoms. The van der Waals surface area contributed by atoms with E-state index in [9.17, 15) is 18.0 Å². The van der Waals surface area contributed by atoms with Crippen molar-refractivity contribution < 1.29 is 27.5 Å². The van der Waals surface area contributed by atoms with Crippen molar-refractivity contribution in [2.45, 2.75) is 6.18 Å². The molecular weight excluding hydrogens is 283 g/mol. The van der Waals surface area contributed by atoms with Gasteiger partial charge in [0, 0.05) is 6.07 Å². The lowest BCUT2D eigenvalue weighted by molar-refractivity contribution is -0.115. The number of hydrogen-bond donors (Lipinski definition) is 2. The molecule has 0 aliphatic carbocycles. The Labute approximate surface area is 90.2 Å². The van der Waals surface area contributed by atoms with Crippen LogP contribution in [0.25, 0.3) is 0 Å². The van der Waals surface area contributed by atoms with E-state index in [1.165, 1.54) is 0 Å². The molecule has 0 radical (unpaired) electrons. The molecule has 0 atom stereocenters. The smallest absolute Gasteiger partial charge is 0.405 e. The molecule has 0 saturated carbocycles. The average Bonchev–Trinajstić information content (AvgIpc) is 2.42. The lowest BCUT2D eigenvalue weighted by Crippen LogP contribution is -2.21. The maximum atomic E-state index is 11.8. The number of carboxylic acid groups (broad SMARTS) is 1. The minimum atomic E-state index is -4.39. The van der Waals surface area contributed by atoms with E-state index in [-0.39, 0.29) is 10.4 Å². The van der Waals surface area contributed by atoms with Crippen LogP contribution in [0.1, 0.15) is 10.6 Å². The zero-order valence-corrected chi connectivity index (χ0v) is 8.65. The fourth-order valence-electron chi connectivity index (χ4n) is 0.775. The maximum absolute atomic E-state index is 11.8. The molecule has 1 heterocycles. The van der Waals surface area contributed by atoms with E-state index in [0.717, 1.165) is 6.07 Å². The molecular formula is C7H5BrF3NO3. The van der Waals surface area contributed by atoms with Gasteiger partial charge in [-0.15, -0.1) is 0 Å². The Kier molecular flexibility index (Phi) is 3.28. The number of hydrogen-bond acceptors (Lipinski definition) is 3. The highest BCUT2D eigenvalue weighted by Crippen LogP contribution is 2.28. The first-order valence-electron chi connectivity index (χ1n) is 3.63. The second-order valence-electron chi connectivity index (χ2n) is 2.56. The molecule has 8 heteroatoms. The van der Waals surface area contributed by atoms with Gasteiger partial charge in [0.2, 0.25) is 11.6 Å². The van der Waals surface area contributed by atoms with Crippen LogP contribution in [0.3, 0.4) is 0 Å². The second kappa shape index (κ2) is 4.13. The van der Waals surface area contributed by atoms with E-state index >= 15 is 0 Å². The minimum Gasteiger partial charge on any atom is -0.475 e. The number of rotatable bonds is 3. The van der Waals surface area contributed by atoms with E-state index in [1.54, 1.807) is 0 Å². The van der Waals surface area contributed by atoms with Gasteiger partial charge < -0.3 is 14.8 Å². The summed E-state index contributed by atoms with van der Waals surface area (Å²) < 4.78 is 40.2. The quantitative estimate of drug-likeness (QED) is 0.897. The van der Waals surface area contributed by atoms with Gasteiger partial charge in [0.15, 0.2) is 0 Å². The lowest BCUT2D eigenvalue weighted by atomic mass is 10.4. The number of nitrogens with one attached hydrogen (secondary N) is 1. The van der Waals surface area contributed by atoms with Gasteiger partial charge in [0.05, 0.1) is 4.47 Å². The van der Waals surface area contributed by atoms with Crippen LogP contribution in [0.4, 0.5) is 19.1 Å². The van der Waals surface area contributed by atoms with Crippen LogP contribution in [0.5, 0.6) is 0 Å². The summed E-state index contributed by atoms with van der Waals surface area (Å²) >= 11 is 2.87. The summed E-state index contributed by atoms with van der Waals surface area (Å²) in [4.78, 5) is 10.4. The molecule has 84 valence electrons. The highest BCUT2D eigenvalue weighted by atomic mass is 79.9. The zero-order valence-electron chi connectivity index (χ0n) is 7.06. The fourth-order valence-corrected chi connectivity index (χ4v) is 1.20. The van der Waals surface area contributed by atoms with Gasteiger partial charge in [-0.2, -0.15) is 13.2 Å². The van der Waals surface area contributed by atoms with E-state index < -0.39 is 24.5 Å². The molecule has 1 rings (SSSR count). The van der Waals surface area contributed by atoms with Crippen molar-refractivity contribution in [1.29, 1.82) is 0 Å². The van der Waals surface area contributed by atoms with Crippen LogP contribution in [0.2, 0.25) is 0 Å². The third-order valence-corrected chi connectivity index (χ3v) is 1.94. The first kappa shape index (κ1) is 11.9. The molecule has 2 N–H and O–H groups in total. The van der Waals surface area contributed by atoms with Gasteiger partial charge in [0.1, 0.15) is 6.54 Å². The van der Waals surface area contributed by atoms with Crippen LogP contribution in [-0.2, 0) is 0 Å². The molecule has 0 aromatic carbocycles. The molecule has 0 unspecified atom stereocenters. The number of furan rings is 1. The summed E-state index contributed by atoms with van der Waals surface area (Å²) in [6, 6.07) is 1.07. The van der Waals surface area contributed by atoms with Gasteiger partial charge in [-0.1, -0.05) is 0 Å². The molecule has 4 nitrogen and oxygen atoms in total. The number of carbonyl (C=O) groups is 1. The first-order chi connectivity index (χ1) is 6.79. The Balaban J connectivity index is 2.74. The Bertz CT molecular complexity index is 374. The number of aromatic carboxylic acids is 1. The third-order valence-electron chi connectivity index (χ3n) is 1.35. The van der Waals surface area contributed by atoms with Crippen molar-refractivity contribution in [1.82, 2.24) is 0 Å². The van der Waals surface area contributed by atoms with Crippen molar-refractivity contribution in [3.05, 3.63) is 16.3 Å². The molecule has 0 saturated heterocycles. The topological polar surface area (TPSA) is 62.5 Å². The summed E-state index contributed by atoms with van der Waals surface area (Å²) in [6.07, 6.45) is -4.39. The molecule has 0 fully saturated rings. The maximum Gasteiger partial charge on any atom is 0.405 e. The monoisotopic (exact) mass is 287 g/mol. The number of halogens is 4. The van der Waals surface area contributed by atoms with Crippen LogP contribution in [0.15, 0.2) is 15.0 Å². The van der Waals surface area contributed by atoms with Crippen molar-refractivity contribution in [3.63, 3.8) is 0 Å². The molecule has 1 aromatic rings. The van der Waals surface area contributed by atoms with E-state index in [0.29, 0.717) is 0 Å². The van der Waals surface area contributed by atoms with Crippen molar-refractivity contribution in [2.24, 2.45) is 0 Å². The van der Waals surface area contributed by atoms with Crippen molar-refractivity contribution >= 4 is 27.8 Å². The summed E-state index contributed by atoms with van der Waals surface area (Å²) in [6.45, 7) is -1.29. The minimum absolute atomic E-state index is 0.129. The summed E-state index contributed by atoms with van der Waals surface area (Å²) in [5.74, 6) is -2.05. The van der Waals surface area contributed by atoms with Crippen LogP contribution < -0.4 is 5.32 Å². The lowest BCUT2D eigenvalue weighted by Gasteiger charge is -2.06. The second-order valence-corrected chi connectivity index (χ2v) is 3.42. The molecule has 0 spiro atoms. The Hall–Kier alpha value is -1.18. The first-order valence-corrected chi connectivity index (χ1v) is 4.42. The zero-order chi connectivity index (χ0) is 11.6. The normalized spacial score (nSPS) is 11.5. The van der Waals surface area contributed by atoms with Crippen molar-refractivity contribution in [2.75, 3.05) is 11.9 Å². The van der Waals surface area contributed by atoms with Crippen LogP contribution in [0, 0.1) is 0 Å².